The van der Waals surface area contributed by atoms with Crippen molar-refractivity contribution in [2.75, 3.05) is 23.5 Å². The third-order valence-corrected chi connectivity index (χ3v) is 4.15. The molecule has 0 radical (unpaired) electrons. The number of benzene rings is 1. The van der Waals surface area contributed by atoms with Gasteiger partial charge in [-0.3, -0.25) is 4.79 Å². The molecule has 2 N–H and O–H groups in total. The largest absolute Gasteiger partial charge is 0.481 e. The van der Waals surface area contributed by atoms with E-state index in [1.807, 2.05) is 36.4 Å². The predicted molar refractivity (Wildman–Crippen MR) is 83.9 cm³/mol. The smallest absolute Gasteiger partial charge is 0.234 e. The van der Waals surface area contributed by atoms with E-state index in [-0.39, 0.29) is 5.91 Å². The van der Waals surface area contributed by atoms with Crippen molar-refractivity contribution in [1.82, 2.24) is 4.98 Å². The van der Waals surface area contributed by atoms with E-state index in [4.69, 9.17) is 4.74 Å². The number of ether oxygens (including phenoxy) is 1. The Balaban J connectivity index is 1.70. The number of carbonyl (C=O) groups excluding carboxylic acids is 1. The molecule has 0 atom stereocenters. The van der Waals surface area contributed by atoms with Gasteiger partial charge in [0.25, 0.3) is 0 Å². The lowest BCUT2D eigenvalue weighted by Gasteiger charge is -2.17. The fourth-order valence-electron chi connectivity index (χ4n) is 2.06. The molecule has 108 valence electrons. The van der Waals surface area contributed by atoms with Crippen LogP contribution in [-0.2, 0) is 11.3 Å². The van der Waals surface area contributed by atoms with Gasteiger partial charge in [0.1, 0.15) is 0 Å². The van der Waals surface area contributed by atoms with Gasteiger partial charge in [-0.05, 0) is 24.3 Å². The van der Waals surface area contributed by atoms with E-state index in [0.717, 1.165) is 22.0 Å². The number of carbonyl (C=O) groups is 1. The van der Waals surface area contributed by atoms with Crippen LogP contribution in [-0.4, -0.2) is 23.8 Å². The van der Waals surface area contributed by atoms with Crippen molar-refractivity contribution in [3.63, 3.8) is 0 Å². The molecule has 2 heterocycles. The molecule has 0 aliphatic carbocycles. The highest BCUT2D eigenvalue weighted by Crippen LogP contribution is 2.33. The Morgan fingerprint density at radius 2 is 2.29 bits per heavy atom. The quantitative estimate of drug-likeness (QED) is 0.909. The number of amides is 1. The molecule has 1 aliphatic heterocycles. The Kier molecular flexibility index (Phi) is 3.96. The number of nitrogens with zero attached hydrogens (tertiary/aromatic N) is 1. The van der Waals surface area contributed by atoms with Crippen molar-refractivity contribution < 1.29 is 9.53 Å². The van der Waals surface area contributed by atoms with Gasteiger partial charge in [0.05, 0.1) is 30.8 Å². The number of anilines is 2. The Morgan fingerprint density at radius 1 is 1.38 bits per heavy atom. The summed E-state index contributed by atoms with van der Waals surface area (Å²) in [5.74, 6) is 1.12. The molecule has 0 fully saturated rings. The second-order valence-electron chi connectivity index (χ2n) is 4.57. The number of aromatic nitrogens is 1. The maximum Gasteiger partial charge on any atom is 0.234 e. The van der Waals surface area contributed by atoms with Gasteiger partial charge in [0.2, 0.25) is 11.8 Å². The summed E-state index contributed by atoms with van der Waals surface area (Å²) in [4.78, 5) is 16.9. The van der Waals surface area contributed by atoms with Gasteiger partial charge in [-0.25, -0.2) is 4.98 Å². The fourth-order valence-corrected chi connectivity index (χ4v) is 2.84. The second kappa shape index (κ2) is 6.05. The molecule has 1 aromatic heterocycles. The number of pyridine rings is 1. The maximum absolute atomic E-state index is 11.4. The van der Waals surface area contributed by atoms with Gasteiger partial charge in [0, 0.05) is 16.6 Å². The number of fused-ring (bicyclic) bond motifs is 1. The number of thioether (sulfide) groups is 1. The summed E-state index contributed by atoms with van der Waals surface area (Å²) in [5, 5.41) is 6.18. The first kappa shape index (κ1) is 13.8. The molecule has 3 rings (SSSR count). The van der Waals surface area contributed by atoms with Crippen LogP contribution in [0.4, 0.5) is 11.4 Å². The minimum absolute atomic E-state index is 0.0408. The first-order valence-corrected chi connectivity index (χ1v) is 7.53. The molecule has 0 bridgehead atoms. The molecule has 6 heteroatoms. The highest BCUT2D eigenvalue weighted by atomic mass is 32.2. The molecular weight excluding hydrogens is 286 g/mol. The number of hydrogen-bond donors (Lipinski definition) is 2. The molecule has 0 spiro atoms. The standard InChI is InChI=1S/C15H15N3O2S/c1-20-15-4-2-3-11(17-15)8-16-10-5-6-13-12(7-10)18-14(19)9-21-13/h2-7,16H,8-9H2,1H3,(H,18,19). The van der Waals surface area contributed by atoms with E-state index < -0.39 is 0 Å². The summed E-state index contributed by atoms with van der Waals surface area (Å²) in [6.45, 7) is 0.594. The molecule has 0 saturated heterocycles. The van der Waals surface area contributed by atoms with E-state index in [1.165, 1.54) is 0 Å². The van der Waals surface area contributed by atoms with E-state index in [2.05, 4.69) is 15.6 Å². The van der Waals surface area contributed by atoms with Crippen LogP contribution in [0.25, 0.3) is 0 Å². The Hall–Kier alpha value is -2.21. The third kappa shape index (κ3) is 3.28. The predicted octanol–water partition coefficient (Wildman–Crippen LogP) is 2.75. The number of nitrogens with one attached hydrogen (secondary N) is 2. The van der Waals surface area contributed by atoms with E-state index in [0.29, 0.717) is 18.2 Å². The summed E-state index contributed by atoms with van der Waals surface area (Å²) < 4.78 is 5.10. The summed E-state index contributed by atoms with van der Waals surface area (Å²) in [7, 11) is 1.60. The number of hydrogen-bond acceptors (Lipinski definition) is 5. The first-order chi connectivity index (χ1) is 10.2. The first-order valence-electron chi connectivity index (χ1n) is 6.55. The summed E-state index contributed by atoms with van der Waals surface area (Å²) in [6, 6.07) is 11.6. The van der Waals surface area contributed by atoms with Crippen molar-refractivity contribution in [2.45, 2.75) is 11.4 Å². The molecule has 1 aliphatic rings. The molecule has 1 amide bonds. The van der Waals surface area contributed by atoms with Crippen LogP contribution < -0.4 is 15.4 Å². The molecule has 5 nitrogen and oxygen atoms in total. The van der Waals surface area contributed by atoms with Crippen LogP contribution in [0.15, 0.2) is 41.3 Å². The van der Waals surface area contributed by atoms with Crippen molar-refractivity contribution in [2.24, 2.45) is 0 Å². The van der Waals surface area contributed by atoms with Crippen molar-refractivity contribution in [1.29, 1.82) is 0 Å². The van der Waals surface area contributed by atoms with E-state index in [1.54, 1.807) is 18.9 Å². The van der Waals surface area contributed by atoms with Crippen LogP contribution in [0.1, 0.15) is 5.69 Å². The van der Waals surface area contributed by atoms with Crippen LogP contribution in [0.3, 0.4) is 0 Å². The molecule has 0 unspecified atom stereocenters. The van der Waals surface area contributed by atoms with Crippen molar-refractivity contribution >= 4 is 29.0 Å². The lowest BCUT2D eigenvalue weighted by atomic mass is 10.2. The summed E-state index contributed by atoms with van der Waals surface area (Å²) >= 11 is 1.56. The molecule has 2 aromatic rings. The third-order valence-electron chi connectivity index (χ3n) is 3.08. The highest BCUT2D eigenvalue weighted by molar-refractivity contribution is 8.00. The Bertz CT molecular complexity index is 676. The molecule has 1 aromatic carbocycles. The lowest BCUT2D eigenvalue weighted by molar-refractivity contribution is -0.113. The molecular formula is C15H15N3O2S. The minimum Gasteiger partial charge on any atom is -0.481 e. The van der Waals surface area contributed by atoms with Crippen LogP contribution in [0.5, 0.6) is 5.88 Å². The second-order valence-corrected chi connectivity index (χ2v) is 5.59. The SMILES string of the molecule is COc1cccc(CNc2ccc3c(c2)NC(=O)CS3)n1. The zero-order valence-corrected chi connectivity index (χ0v) is 12.4. The van der Waals surface area contributed by atoms with Gasteiger partial charge >= 0.3 is 0 Å². The highest BCUT2D eigenvalue weighted by Gasteiger charge is 2.15. The lowest BCUT2D eigenvalue weighted by Crippen LogP contribution is -2.18. The zero-order valence-electron chi connectivity index (χ0n) is 11.6. The average Bonchev–Trinajstić information content (AvgIpc) is 2.52. The normalized spacial score (nSPS) is 13.3. The molecule has 21 heavy (non-hydrogen) atoms. The van der Waals surface area contributed by atoms with Crippen molar-refractivity contribution in [3.05, 3.63) is 42.1 Å². The van der Waals surface area contributed by atoms with Crippen LogP contribution in [0, 0.1) is 0 Å². The average molecular weight is 301 g/mol. The monoisotopic (exact) mass is 301 g/mol. The van der Waals surface area contributed by atoms with Gasteiger partial charge in [0.15, 0.2) is 0 Å². The van der Waals surface area contributed by atoms with Gasteiger partial charge in [-0.1, -0.05) is 6.07 Å². The Morgan fingerprint density at radius 3 is 3.14 bits per heavy atom. The van der Waals surface area contributed by atoms with Gasteiger partial charge in [-0.2, -0.15) is 0 Å². The van der Waals surface area contributed by atoms with Crippen LogP contribution in [0.2, 0.25) is 0 Å². The summed E-state index contributed by atoms with van der Waals surface area (Å²) in [6.07, 6.45) is 0. The van der Waals surface area contributed by atoms with E-state index in [9.17, 15) is 4.79 Å². The Labute approximate surface area is 127 Å². The number of methoxy groups -OCH3 is 1. The molecule has 0 saturated carbocycles. The van der Waals surface area contributed by atoms with Gasteiger partial charge in [-0.15, -0.1) is 11.8 Å². The maximum atomic E-state index is 11.4. The van der Waals surface area contributed by atoms with Crippen molar-refractivity contribution in [3.8, 4) is 5.88 Å². The number of rotatable bonds is 4. The van der Waals surface area contributed by atoms with E-state index >= 15 is 0 Å². The fraction of sp³-hybridized carbons (Fsp3) is 0.200. The zero-order chi connectivity index (χ0) is 14.7. The summed E-state index contributed by atoms with van der Waals surface area (Å²) in [5.41, 5.74) is 2.70. The van der Waals surface area contributed by atoms with Gasteiger partial charge < -0.3 is 15.4 Å². The van der Waals surface area contributed by atoms with Crippen LogP contribution >= 0.6 is 11.8 Å². The minimum atomic E-state index is 0.0408. The topological polar surface area (TPSA) is 63.2 Å².